The minimum atomic E-state index is -4.51. The van der Waals surface area contributed by atoms with E-state index in [-0.39, 0.29) is 17.0 Å². The van der Waals surface area contributed by atoms with E-state index in [2.05, 4.69) is 0 Å². The topological polar surface area (TPSA) is 43.1 Å². The third-order valence-electron chi connectivity index (χ3n) is 3.01. The Hall–Kier alpha value is -1.82. The lowest BCUT2D eigenvalue weighted by Gasteiger charge is -2.13. The van der Waals surface area contributed by atoms with Crippen molar-refractivity contribution in [1.29, 1.82) is 0 Å². The van der Waals surface area contributed by atoms with Gasteiger partial charge >= 0.3 is 6.18 Å². The minimum Gasteiger partial charge on any atom is -0.399 e. The standard InChI is InChI=1S/C15H14F3NOS/c1-10-2-6-13(7-3-10)21(20)9-11-4-5-12(19)8-14(11)15(16,17)18/h2-8H,9,19H2,1H3. The van der Waals surface area contributed by atoms with Gasteiger partial charge < -0.3 is 5.73 Å². The number of benzene rings is 2. The summed E-state index contributed by atoms with van der Waals surface area (Å²) in [5.41, 5.74) is 5.59. The Morgan fingerprint density at radius 3 is 2.29 bits per heavy atom. The van der Waals surface area contributed by atoms with Crippen molar-refractivity contribution in [3.8, 4) is 0 Å². The van der Waals surface area contributed by atoms with Crippen molar-refractivity contribution in [2.45, 2.75) is 23.7 Å². The van der Waals surface area contributed by atoms with Crippen molar-refractivity contribution in [3.05, 3.63) is 59.2 Å². The van der Waals surface area contributed by atoms with Crippen molar-refractivity contribution in [2.75, 3.05) is 5.73 Å². The monoisotopic (exact) mass is 313 g/mol. The second-order valence-electron chi connectivity index (χ2n) is 4.72. The van der Waals surface area contributed by atoms with Crippen LogP contribution in [0.15, 0.2) is 47.4 Å². The van der Waals surface area contributed by atoms with Gasteiger partial charge in [0.25, 0.3) is 0 Å². The van der Waals surface area contributed by atoms with Crippen LogP contribution in [-0.2, 0) is 22.7 Å². The Balaban J connectivity index is 2.31. The van der Waals surface area contributed by atoms with E-state index in [0.717, 1.165) is 11.6 Å². The molecule has 21 heavy (non-hydrogen) atoms. The smallest absolute Gasteiger partial charge is 0.399 e. The predicted molar refractivity (Wildman–Crippen MR) is 77.1 cm³/mol. The molecule has 0 spiro atoms. The van der Waals surface area contributed by atoms with Gasteiger partial charge in [0.15, 0.2) is 0 Å². The zero-order chi connectivity index (χ0) is 15.6. The van der Waals surface area contributed by atoms with Crippen LogP contribution in [0.25, 0.3) is 0 Å². The highest BCUT2D eigenvalue weighted by Gasteiger charge is 2.33. The second-order valence-corrected chi connectivity index (χ2v) is 6.17. The lowest BCUT2D eigenvalue weighted by atomic mass is 10.1. The van der Waals surface area contributed by atoms with E-state index in [1.807, 2.05) is 6.92 Å². The molecule has 1 atom stereocenters. The number of rotatable bonds is 3. The van der Waals surface area contributed by atoms with Crippen molar-refractivity contribution in [2.24, 2.45) is 0 Å². The summed E-state index contributed by atoms with van der Waals surface area (Å²) in [5.74, 6) is -0.196. The number of halogens is 3. The second kappa shape index (κ2) is 5.89. The lowest BCUT2D eigenvalue weighted by Crippen LogP contribution is -2.11. The lowest BCUT2D eigenvalue weighted by molar-refractivity contribution is -0.138. The number of hydrogen-bond acceptors (Lipinski definition) is 2. The summed E-state index contributed by atoms with van der Waals surface area (Å²) in [6.07, 6.45) is -4.51. The van der Waals surface area contributed by atoms with Crippen LogP contribution >= 0.6 is 0 Å². The van der Waals surface area contributed by atoms with Gasteiger partial charge in [0, 0.05) is 10.6 Å². The number of nitrogens with two attached hydrogens (primary N) is 1. The van der Waals surface area contributed by atoms with Crippen molar-refractivity contribution in [3.63, 3.8) is 0 Å². The maximum Gasteiger partial charge on any atom is 0.416 e. The molecule has 0 aromatic heterocycles. The van der Waals surface area contributed by atoms with Gasteiger partial charge in [-0.15, -0.1) is 0 Å². The molecule has 0 bridgehead atoms. The fraction of sp³-hybridized carbons (Fsp3) is 0.200. The third kappa shape index (κ3) is 3.85. The van der Waals surface area contributed by atoms with E-state index in [1.54, 1.807) is 24.3 Å². The van der Waals surface area contributed by atoms with Gasteiger partial charge in [0.05, 0.1) is 22.1 Å². The normalized spacial score (nSPS) is 13.1. The molecule has 2 N–H and O–H groups in total. The Morgan fingerprint density at radius 1 is 1.10 bits per heavy atom. The summed E-state index contributed by atoms with van der Waals surface area (Å²) in [6.45, 7) is 1.88. The van der Waals surface area contributed by atoms with E-state index < -0.39 is 22.5 Å². The molecule has 2 aromatic carbocycles. The van der Waals surface area contributed by atoms with Gasteiger partial charge in [-0.2, -0.15) is 13.2 Å². The molecule has 2 rings (SSSR count). The average molecular weight is 313 g/mol. The Morgan fingerprint density at radius 2 is 1.71 bits per heavy atom. The summed E-state index contributed by atoms with van der Waals surface area (Å²) < 4.78 is 51.1. The maximum absolute atomic E-state index is 13.0. The molecular weight excluding hydrogens is 299 g/mol. The zero-order valence-corrected chi connectivity index (χ0v) is 12.1. The minimum absolute atomic E-state index is 0.0180. The summed E-state index contributed by atoms with van der Waals surface area (Å²) in [6, 6.07) is 10.4. The molecule has 2 aromatic rings. The maximum atomic E-state index is 13.0. The predicted octanol–water partition coefficient (Wildman–Crippen LogP) is 3.90. The van der Waals surface area contributed by atoms with Crippen LogP contribution in [0, 0.1) is 6.92 Å². The average Bonchev–Trinajstić information content (AvgIpc) is 2.40. The molecule has 0 radical (unpaired) electrons. The van der Waals surface area contributed by atoms with E-state index in [9.17, 15) is 17.4 Å². The number of anilines is 1. The molecule has 0 amide bonds. The molecule has 2 nitrogen and oxygen atoms in total. The third-order valence-corrected chi connectivity index (χ3v) is 4.38. The van der Waals surface area contributed by atoms with Crippen molar-refractivity contribution >= 4 is 16.5 Å². The summed E-state index contributed by atoms with van der Waals surface area (Å²) in [4.78, 5) is 0.505. The SMILES string of the molecule is Cc1ccc(S(=O)Cc2ccc(N)cc2C(F)(F)F)cc1. The zero-order valence-electron chi connectivity index (χ0n) is 11.3. The van der Waals surface area contributed by atoms with Crippen LogP contribution in [0.4, 0.5) is 18.9 Å². The first-order chi connectivity index (χ1) is 9.77. The molecule has 1 unspecified atom stereocenters. The number of nitrogen functional groups attached to an aromatic ring is 1. The number of alkyl halides is 3. The molecule has 6 heteroatoms. The molecule has 0 heterocycles. The molecule has 0 aliphatic heterocycles. The van der Waals surface area contributed by atoms with Gasteiger partial charge in [0.1, 0.15) is 0 Å². The van der Waals surface area contributed by atoms with E-state index in [0.29, 0.717) is 4.90 Å². The largest absolute Gasteiger partial charge is 0.416 e. The highest BCUT2D eigenvalue weighted by atomic mass is 32.2. The molecule has 0 aliphatic carbocycles. The molecule has 0 aliphatic rings. The first-order valence-electron chi connectivity index (χ1n) is 6.18. The molecule has 0 saturated carbocycles. The first kappa shape index (κ1) is 15.6. The van der Waals surface area contributed by atoms with Crippen molar-refractivity contribution in [1.82, 2.24) is 0 Å². The van der Waals surface area contributed by atoms with Crippen LogP contribution in [0.1, 0.15) is 16.7 Å². The fourth-order valence-electron chi connectivity index (χ4n) is 1.90. The van der Waals surface area contributed by atoms with Crippen LogP contribution < -0.4 is 5.73 Å². The molecular formula is C15H14F3NOS. The quantitative estimate of drug-likeness (QED) is 0.873. The Labute approximate surface area is 123 Å². The van der Waals surface area contributed by atoms with Crippen LogP contribution in [0.5, 0.6) is 0 Å². The Kier molecular flexibility index (Phi) is 4.37. The van der Waals surface area contributed by atoms with Gasteiger partial charge in [-0.3, -0.25) is 4.21 Å². The van der Waals surface area contributed by atoms with E-state index in [4.69, 9.17) is 5.73 Å². The molecule has 0 fully saturated rings. The summed E-state index contributed by atoms with van der Waals surface area (Å²) in [5, 5.41) is 0. The van der Waals surface area contributed by atoms with Crippen LogP contribution in [0.3, 0.4) is 0 Å². The van der Waals surface area contributed by atoms with E-state index >= 15 is 0 Å². The van der Waals surface area contributed by atoms with Gasteiger partial charge in [-0.1, -0.05) is 23.8 Å². The van der Waals surface area contributed by atoms with E-state index in [1.165, 1.54) is 12.1 Å². The summed E-state index contributed by atoms with van der Waals surface area (Å²) in [7, 11) is -1.54. The van der Waals surface area contributed by atoms with Gasteiger partial charge in [0.2, 0.25) is 0 Å². The fourth-order valence-corrected chi connectivity index (χ4v) is 3.04. The summed E-state index contributed by atoms with van der Waals surface area (Å²) >= 11 is 0. The highest BCUT2D eigenvalue weighted by molar-refractivity contribution is 7.84. The van der Waals surface area contributed by atoms with Crippen molar-refractivity contribution < 1.29 is 17.4 Å². The van der Waals surface area contributed by atoms with Gasteiger partial charge in [-0.05, 0) is 36.8 Å². The first-order valence-corrected chi connectivity index (χ1v) is 7.50. The number of aryl methyl sites for hydroxylation is 1. The van der Waals surface area contributed by atoms with Crippen LogP contribution in [-0.4, -0.2) is 4.21 Å². The number of hydrogen-bond donors (Lipinski definition) is 1. The molecule has 112 valence electrons. The van der Waals surface area contributed by atoms with Crippen LogP contribution in [0.2, 0.25) is 0 Å². The Bertz CT molecular complexity index is 666. The molecule has 0 saturated heterocycles. The van der Waals surface area contributed by atoms with Gasteiger partial charge in [-0.25, -0.2) is 0 Å². The highest BCUT2D eigenvalue weighted by Crippen LogP contribution is 2.34.